The first-order valence-corrected chi connectivity index (χ1v) is 5.09. The number of aliphatic hydroxyl groups excluding tert-OH is 1. The van der Waals surface area contributed by atoms with Crippen LogP contribution in [-0.4, -0.2) is 11.7 Å². The lowest BCUT2D eigenvalue weighted by Crippen LogP contribution is -2.21. The van der Waals surface area contributed by atoms with E-state index in [9.17, 15) is 5.11 Å². The minimum atomic E-state index is -0.305. The van der Waals surface area contributed by atoms with Gasteiger partial charge in [0.15, 0.2) is 0 Å². The Morgan fingerprint density at radius 1 is 1.67 bits per heavy atom. The van der Waals surface area contributed by atoms with Gasteiger partial charge in [-0.15, -0.1) is 11.3 Å². The predicted octanol–water partition coefficient (Wildman–Crippen LogP) is 1.45. The fourth-order valence-electron chi connectivity index (χ4n) is 1.48. The van der Waals surface area contributed by atoms with Gasteiger partial charge in [0.25, 0.3) is 0 Å². The SMILES string of the molecule is CC(O)c1cc2c(s1)CCNC2. The lowest BCUT2D eigenvalue weighted by atomic mass is 10.1. The van der Waals surface area contributed by atoms with Gasteiger partial charge in [0.05, 0.1) is 6.10 Å². The van der Waals surface area contributed by atoms with E-state index in [1.165, 1.54) is 10.4 Å². The third kappa shape index (κ3) is 1.40. The molecule has 0 spiro atoms. The second kappa shape index (κ2) is 3.17. The van der Waals surface area contributed by atoms with Gasteiger partial charge in [0, 0.05) is 22.8 Å². The first kappa shape index (κ1) is 8.23. The number of fused-ring (bicyclic) bond motifs is 1. The van der Waals surface area contributed by atoms with Crippen LogP contribution < -0.4 is 5.32 Å². The van der Waals surface area contributed by atoms with Crippen molar-refractivity contribution in [3.63, 3.8) is 0 Å². The van der Waals surface area contributed by atoms with Crippen molar-refractivity contribution in [3.05, 3.63) is 21.4 Å². The summed E-state index contributed by atoms with van der Waals surface area (Å²) in [5.41, 5.74) is 1.38. The monoisotopic (exact) mass is 183 g/mol. The fraction of sp³-hybridized carbons (Fsp3) is 0.556. The lowest BCUT2D eigenvalue weighted by molar-refractivity contribution is 0.203. The van der Waals surface area contributed by atoms with Crippen LogP contribution in [0.4, 0.5) is 0 Å². The zero-order valence-electron chi connectivity index (χ0n) is 7.13. The Hall–Kier alpha value is -0.380. The molecule has 66 valence electrons. The van der Waals surface area contributed by atoms with Crippen molar-refractivity contribution >= 4 is 11.3 Å². The number of hydrogen-bond donors (Lipinski definition) is 2. The summed E-state index contributed by atoms with van der Waals surface area (Å²) in [5.74, 6) is 0. The molecule has 2 heterocycles. The van der Waals surface area contributed by atoms with Crippen LogP contribution in [0.2, 0.25) is 0 Å². The molecule has 12 heavy (non-hydrogen) atoms. The highest BCUT2D eigenvalue weighted by Gasteiger charge is 2.14. The molecule has 0 bridgehead atoms. The standard InChI is InChI=1S/C9H13NOS/c1-6(11)9-4-7-5-10-3-2-8(7)12-9/h4,6,10-11H,2-3,5H2,1H3. The molecule has 0 fully saturated rings. The van der Waals surface area contributed by atoms with Gasteiger partial charge in [-0.25, -0.2) is 0 Å². The van der Waals surface area contributed by atoms with Crippen molar-refractivity contribution < 1.29 is 5.11 Å². The minimum Gasteiger partial charge on any atom is -0.388 e. The van der Waals surface area contributed by atoms with Gasteiger partial charge in [-0.05, 0) is 25.0 Å². The smallest absolute Gasteiger partial charge is 0.0854 e. The second-order valence-corrected chi connectivity index (χ2v) is 4.37. The van der Waals surface area contributed by atoms with E-state index in [1.54, 1.807) is 11.3 Å². The second-order valence-electron chi connectivity index (χ2n) is 3.20. The molecule has 1 aromatic rings. The Bertz CT molecular complexity index is 257. The van der Waals surface area contributed by atoms with Crippen LogP contribution in [0, 0.1) is 0 Å². The zero-order valence-corrected chi connectivity index (χ0v) is 7.95. The minimum absolute atomic E-state index is 0.305. The summed E-state index contributed by atoms with van der Waals surface area (Å²) in [4.78, 5) is 2.55. The summed E-state index contributed by atoms with van der Waals surface area (Å²) in [6, 6.07) is 2.12. The van der Waals surface area contributed by atoms with Gasteiger partial charge < -0.3 is 10.4 Å². The van der Waals surface area contributed by atoms with Crippen LogP contribution in [0.3, 0.4) is 0 Å². The van der Waals surface area contributed by atoms with Gasteiger partial charge in [-0.3, -0.25) is 0 Å². The van der Waals surface area contributed by atoms with Crippen molar-refractivity contribution in [2.24, 2.45) is 0 Å². The van der Waals surface area contributed by atoms with E-state index in [0.29, 0.717) is 0 Å². The average Bonchev–Trinajstić information content (AvgIpc) is 2.46. The van der Waals surface area contributed by atoms with Crippen LogP contribution in [-0.2, 0) is 13.0 Å². The molecule has 0 saturated heterocycles. The molecule has 1 aliphatic heterocycles. The van der Waals surface area contributed by atoms with E-state index in [2.05, 4.69) is 11.4 Å². The summed E-state index contributed by atoms with van der Waals surface area (Å²) in [6.45, 7) is 3.87. The quantitative estimate of drug-likeness (QED) is 0.690. The van der Waals surface area contributed by atoms with Crippen molar-refractivity contribution in [2.75, 3.05) is 6.54 Å². The first-order valence-electron chi connectivity index (χ1n) is 4.27. The van der Waals surface area contributed by atoms with Gasteiger partial charge in [0.1, 0.15) is 0 Å². The van der Waals surface area contributed by atoms with Crippen molar-refractivity contribution in [1.29, 1.82) is 0 Å². The third-order valence-corrected chi connectivity index (χ3v) is 3.58. The molecule has 0 radical (unpaired) electrons. The molecule has 3 heteroatoms. The predicted molar refractivity (Wildman–Crippen MR) is 50.4 cm³/mol. The summed E-state index contributed by atoms with van der Waals surface area (Å²) in [6.07, 6.45) is 0.813. The molecule has 0 aliphatic carbocycles. The highest BCUT2D eigenvalue weighted by Crippen LogP contribution is 2.29. The lowest BCUT2D eigenvalue weighted by Gasteiger charge is -2.10. The molecular formula is C9H13NOS. The zero-order chi connectivity index (χ0) is 8.55. The molecule has 1 unspecified atom stereocenters. The Kier molecular flexibility index (Phi) is 2.17. The fourth-order valence-corrected chi connectivity index (χ4v) is 2.60. The van der Waals surface area contributed by atoms with Crippen molar-refractivity contribution in [1.82, 2.24) is 5.32 Å². The van der Waals surface area contributed by atoms with E-state index in [4.69, 9.17) is 0 Å². The number of aliphatic hydroxyl groups is 1. The van der Waals surface area contributed by atoms with E-state index in [-0.39, 0.29) is 6.10 Å². The number of hydrogen-bond acceptors (Lipinski definition) is 3. The molecule has 2 N–H and O–H groups in total. The summed E-state index contributed by atoms with van der Waals surface area (Å²) >= 11 is 1.75. The van der Waals surface area contributed by atoms with Gasteiger partial charge in [0.2, 0.25) is 0 Å². The Labute approximate surface area is 76.2 Å². The van der Waals surface area contributed by atoms with Gasteiger partial charge in [-0.2, -0.15) is 0 Å². The Morgan fingerprint density at radius 3 is 3.17 bits per heavy atom. The molecular weight excluding hydrogens is 170 g/mol. The highest BCUT2D eigenvalue weighted by atomic mass is 32.1. The molecule has 0 aromatic carbocycles. The summed E-state index contributed by atoms with van der Waals surface area (Å²) in [7, 11) is 0. The summed E-state index contributed by atoms with van der Waals surface area (Å²) < 4.78 is 0. The molecule has 2 nitrogen and oxygen atoms in total. The first-order chi connectivity index (χ1) is 5.77. The van der Waals surface area contributed by atoms with Crippen LogP contribution in [0.5, 0.6) is 0 Å². The average molecular weight is 183 g/mol. The third-order valence-electron chi connectivity index (χ3n) is 2.17. The van der Waals surface area contributed by atoms with Gasteiger partial charge in [-0.1, -0.05) is 0 Å². The molecule has 0 amide bonds. The van der Waals surface area contributed by atoms with Crippen LogP contribution in [0.25, 0.3) is 0 Å². The van der Waals surface area contributed by atoms with E-state index in [1.807, 2.05) is 6.92 Å². The van der Waals surface area contributed by atoms with Crippen LogP contribution in [0.1, 0.15) is 28.3 Å². The largest absolute Gasteiger partial charge is 0.388 e. The van der Waals surface area contributed by atoms with Gasteiger partial charge >= 0.3 is 0 Å². The number of nitrogens with one attached hydrogen (secondary N) is 1. The van der Waals surface area contributed by atoms with E-state index < -0.39 is 0 Å². The number of thiophene rings is 1. The molecule has 1 aromatic heterocycles. The van der Waals surface area contributed by atoms with Crippen molar-refractivity contribution in [2.45, 2.75) is 26.0 Å². The van der Waals surface area contributed by atoms with Crippen LogP contribution >= 0.6 is 11.3 Å². The van der Waals surface area contributed by atoms with E-state index >= 15 is 0 Å². The van der Waals surface area contributed by atoms with E-state index in [0.717, 1.165) is 24.4 Å². The highest BCUT2D eigenvalue weighted by molar-refractivity contribution is 7.12. The van der Waals surface area contributed by atoms with Crippen LogP contribution in [0.15, 0.2) is 6.07 Å². The maximum Gasteiger partial charge on any atom is 0.0854 e. The summed E-state index contributed by atoms with van der Waals surface area (Å²) in [5, 5.41) is 12.7. The normalized spacial score (nSPS) is 18.8. The number of rotatable bonds is 1. The maximum atomic E-state index is 9.36. The Morgan fingerprint density at radius 2 is 2.50 bits per heavy atom. The van der Waals surface area contributed by atoms with Crippen molar-refractivity contribution in [3.8, 4) is 0 Å². The topological polar surface area (TPSA) is 32.3 Å². The maximum absolute atomic E-state index is 9.36. The molecule has 1 aliphatic rings. The molecule has 2 rings (SSSR count). The molecule has 1 atom stereocenters. The molecule has 0 saturated carbocycles. The Balaban J connectivity index is 2.32.